The molecule has 0 fully saturated rings. The first-order valence-electron chi connectivity index (χ1n) is 5.24. The van der Waals surface area contributed by atoms with Crippen LogP contribution in [0.2, 0.25) is 0 Å². The van der Waals surface area contributed by atoms with Crippen LogP contribution in [0.4, 0.5) is 0 Å². The van der Waals surface area contributed by atoms with Gasteiger partial charge in [-0.15, -0.1) is 0 Å². The Morgan fingerprint density at radius 3 is 2.59 bits per heavy atom. The molecule has 0 heterocycles. The van der Waals surface area contributed by atoms with Crippen molar-refractivity contribution < 1.29 is 4.79 Å². The Balaban J connectivity index is 3.13. The molecule has 1 rings (SSSR count). The minimum Gasteiger partial charge on any atom is -0.293 e. The molecule has 0 atom stereocenters. The maximum Gasteiger partial charge on any atom is 0.175 e. The SMILES string of the molecule is CC(C)C(=O)/C(C#N)=C\c1cccc(C#N)c1. The first-order chi connectivity index (χ1) is 8.08. The summed E-state index contributed by atoms with van der Waals surface area (Å²) in [6, 6.07) is 10.7. The summed E-state index contributed by atoms with van der Waals surface area (Å²) in [4.78, 5) is 11.7. The minimum atomic E-state index is -0.208. The lowest BCUT2D eigenvalue weighted by atomic mass is 9.99. The summed E-state index contributed by atoms with van der Waals surface area (Å²) < 4.78 is 0. The van der Waals surface area contributed by atoms with Crippen molar-refractivity contribution in [3.63, 3.8) is 0 Å². The van der Waals surface area contributed by atoms with E-state index < -0.39 is 0 Å². The zero-order valence-corrected chi connectivity index (χ0v) is 9.77. The molecule has 84 valence electrons. The van der Waals surface area contributed by atoms with E-state index in [0.29, 0.717) is 11.1 Å². The number of carbonyl (C=O) groups excluding carboxylic acids is 1. The predicted molar refractivity (Wildman–Crippen MR) is 64.6 cm³/mol. The second-order valence-electron chi connectivity index (χ2n) is 3.93. The molecule has 0 radical (unpaired) electrons. The molecular weight excluding hydrogens is 212 g/mol. The van der Waals surface area contributed by atoms with E-state index in [-0.39, 0.29) is 17.3 Å². The molecule has 0 aliphatic carbocycles. The number of ketones is 1. The molecule has 0 saturated carbocycles. The van der Waals surface area contributed by atoms with Crippen LogP contribution in [0.15, 0.2) is 29.8 Å². The van der Waals surface area contributed by atoms with Crippen molar-refractivity contribution in [3.8, 4) is 12.1 Å². The molecule has 3 heteroatoms. The second kappa shape index (κ2) is 5.63. The van der Waals surface area contributed by atoms with Gasteiger partial charge in [0.25, 0.3) is 0 Å². The van der Waals surface area contributed by atoms with Gasteiger partial charge in [0.15, 0.2) is 5.78 Å². The van der Waals surface area contributed by atoms with Gasteiger partial charge < -0.3 is 0 Å². The number of nitriles is 2. The zero-order chi connectivity index (χ0) is 12.8. The van der Waals surface area contributed by atoms with E-state index in [9.17, 15) is 4.79 Å². The summed E-state index contributed by atoms with van der Waals surface area (Å²) in [6.45, 7) is 3.50. The summed E-state index contributed by atoms with van der Waals surface area (Å²) in [5.41, 5.74) is 1.32. The molecule has 17 heavy (non-hydrogen) atoms. The normalized spacial score (nSPS) is 10.8. The van der Waals surface area contributed by atoms with Gasteiger partial charge in [0.05, 0.1) is 17.2 Å². The highest BCUT2D eigenvalue weighted by molar-refractivity contribution is 6.04. The van der Waals surface area contributed by atoms with E-state index in [0.717, 1.165) is 0 Å². The lowest BCUT2D eigenvalue weighted by Gasteiger charge is -2.02. The third-order valence-electron chi connectivity index (χ3n) is 2.24. The fraction of sp³-hybridized carbons (Fsp3) is 0.214. The van der Waals surface area contributed by atoms with Crippen LogP contribution >= 0.6 is 0 Å². The number of rotatable bonds is 3. The van der Waals surface area contributed by atoms with Crippen LogP contribution in [-0.4, -0.2) is 5.78 Å². The Labute approximate surface area is 101 Å². The number of benzene rings is 1. The van der Waals surface area contributed by atoms with Crippen molar-refractivity contribution in [3.05, 3.63) is 41.0 Å². The molecule has 1 aromatic carbocycles. The number of Topliss-reactive ketones (excluding diaryl/α,β-unsaturated/α-hetero) is 1. The van der Waals surface area contributed by atoms with Crippen molar-refractivity contribution in [2.75, 3.05) is 0 Å². The standard InChI is InChI=1S/C14H12N2O/c1-10(2)14(17)13(9-16)7-11-4-3-5-12(6-11)8-15/h3-7,10H,1-2H3/b13-7-. The van der Waals surface area contributed by atoms with Crippen LogP contribution < -0.4 is 0 Å². The molecule has 0 saturated heterocycles. The van der Waals surface area contributed by atoms with Gasteiger partial charge in [-0.3, -0.25) is 4.79 Å². The van der Waals surface area contributed by atoms with E-state index in [1.54, 1.807) is 38.1 Å². The Bertz CT molecular complexity index is 542. The summed E-state index contributed by atoms with van der Waals surface area (Å²) >= 11 is 0. The van der Waals surface area contributed by atoms with Crippen LogP contribution in [0.5, 0.6) is 0 Å². The van der Waals surface area contributed by atoms with E-state index in [2.05, 4.69) is 0 Å². The van der Waals surface area contributed by atoms with E-state index in [1.165, 1.54) is 6.08 Å². The van der Waals surface area contributed by atoms with Crippen LogP contribution in [0.1, 0.15) is 25.0 Å². The average molecular weight is 224 g/mol. The summed E-state index contributed by atoms with van der Waals surface area (Å²) in [6.07, 6.45) is 1.52. The molecular formula is C14H12N2O. The summed E-state index contributed by atoms with van der Waals surface area (Å²) in [5.74, 6) is -0.394. The van der Waals surface area contributed by atoms with Crippen LogP contribution in [0.25, 0.3) is 6.08 Å². The maximum absolute atomic E-state index is 11.7. The van der Waals surface area contributed by atoms with Crippen LogP contribution in [0, 0.1) is 28.6 Å². The molecule has 0 aliphatic rings. The third kappa shape index (κ3) is 3.29. The highest BCUT2D eigenvalue weighted by Gasteiger charge is 2.12. The van der Waals surface area contributed by atoms with Crippen molar-refractivity contribution in [2.24, 2.45) is 5.92 Å². The first-order valence-corrected chi connectivity index (χ1v) is 5.24. The highest BCUT2D eigenvalue weighted by Crippen LogP contribution is 2.12. The smallest absolute Gasteiger partial charge is 0.175 e. The number of carbonyl (C=O) groups is 1. The van der Waals surface area contributed by atoms with E-state index in [1.807, 2.05) is 12.1 Å². The van der Waals surface area contributed by atoms with Gasteiger partial charge in [-0.25, -0.2) is 0 Å². The third-order valence-corrected chi connectivity index (χ3v) is 2.24. The molecule has 0 amide bonds. The van der Waals surface area contributed by atoms with Gasteiger partial charge in [0.1, 0.15) is 6.07 Å². The molecule has 0 aliphatic heterocycles. The fourth-order valence-corrected chi connectivity index (χ4v) is 1.33. The number of hydrogen-bond acceptors (Lipinski definition) is 3. The Hall–Kier alpha value is -2.39. The quantitative estimate of drug-likeness (QED) is 0.585. The molecule has 0 unspecified atom stereocenters. The molecule has 1 aromatic rings. The van der Waals surface area contributed by atoms with Gasteiger partial charge in [-0.1, -0.05) is 26.0 Å². The topological polar surface area (TPSA) is 64.7 Å². The van der Waals surface area contributed by atoms with E-state index >= 15 is 0 Å². The van der Waals surface area contributed by atoms with Crippen LogP contribution in [0.3, 0.4) is 0 Å². The van der Waals surface area contributed by atoms with Gasteiger partial charge in [-0.2, -0.15) is 10.5 Å². The first kappa shape index (κ1) is 12.7. The van der Waals surface area contributed by atoms with Gasteiger partial charge >= 0.3 is 0 Å². The Morgan fingerprint density at radius 1 is 1.35 bits per heavy atom. The van der Waals surface area contributed by atoms with Gasteiger partial charge in [-0.05, 0) is 23.8 Å². The highest BCUT2D eigenvalue weighted by atomic mass is 16.1. The molecule has 0 spiro atoms. The van der Waals surface area contributed by atoms with Crippen molar-refractivity contribution in [2.45, 2.75) is 13.8 Å². The maximum atomic E-state index is 11.7. The van der Waals surface area contributed by atoms with Crippen LogP contribution in [-0.2, 0) is 4.79 Å². The summed E-state index contributed by atoms with van der Waals surface area (Å²) in [5, 5.41) is 17.7. The van der Waals surface area contributed by atoms with Crippen molar-refractivity contribution in [1.29, 1.82) is 10.5 Å². The number of allylic oxidation sites excluding steroid dienone is 1. The molecule has 0 bridgehead atoms. The van der Waals surface area contributed by atoms with Crippen molar-refractivity contribution >= 4 is 11.9 Å². The Kier molecular flexibility index (Phi) is 4.20. The second-order valence-corrected chi connectivity index (χ2v) is 3.93. The number of nitrogens with zero attached hydrogens (tertiary/aromatic N) is 2. The zero-order valence-electron chi connectivity index (χ0n) is 9.77. The number of hydrogen-bond donors (Lipinski definition) is 0. The van der Waals surface area contributed by atoms with Gasteiger partial charge in [0, 0.05) is 5.92 Å². The van der Waals surface area contributed by atoms with Crippen molar-refractivity contribution in [1.82, 2.24) is 0 Å². The Morgan fingerprint density at radius 2 is 2.06 bits per heavy atom. The minimum absolute atomic E-state index is 0.120. The van der Waals surface area contributed by atoms with Gasteiger partial charge in [0.2, 0.25) is 0 Å². The molecule has 0 N–H and O–H groups in total. The fourth-order valence-electron chi connectivity index (χ4n) is 1.33. The largest absolute Gasteiger partial charge is 0.293 e. The van der Waals surface area contributed by atoms with E-state index in [4.69, 9.17) is 10.5 Å². The monoisotopic (exact) mass is 224 g/mol. The molecule has 0 aromatic heterocycles. The lowest BCUT2D eigenvalue weighted by Crippen LogP contribution is -2.08. The molecule has 3 nitrogen and oxygen atoms in total. The summed E-state index contributed by atoms with van der Waals surface area (Å²) in [7, 11) is 0. The predicted octanol–water partition coefficient (Wildman–Crippen LogP) is 2.69. The average Bonchev–Trinajstić information content (AvgIpc) is 2.35. The lowest BCUT2D eigenvalue weighted by molar-refractivity contribution is -0.117.